The number of para-hydroxylation sites is 1. The monoisotopic (exact) mass is 202 g/mol. The van der Waals surface area contributed by atoms with E-state index in [1.807, 2.05) is 30.3 Å². The van der Waals surface area contributed by atoms with Crippen molar-refractivity contribution in [2.45, 2.75) is 0 Å². The fourth-order valence-electron chi connectivity index (χ4n) is 1.17. The molecular weight excluding hydrogens is 192 g/mol. The Balaban J connectivity index is 1.95. The fourth-order valence-corrected chi connectivity index (χ4v) is 1.17. The van der Waals surface area contributed by atoms with Gasteiger partial charge in [-0.05, 0) is 12.1 Å². The van der Waals surface area contributed by atoms with E-state index in [4.69, 9.17) is 4.74 Å². The molecule has 15 heavy (non-hydrogen) atoms. The van der Waals surface area contributed by atoms with Crippen molar-refractivity contribution in [2.75, 3.05) is 6.61 Å². The van der Waals surface area contributed by atoms with Crippen molar-refractivity contribution in [1.82, 2.24) is 5.43 Å². The SMILES string of the molecule is C=C1C(=O)NN=C1COc1ccccc1. The molecule has 1 heterocycles. The molecule has 1 N–H and O–H groups in total. The van der Waals surface area contributed by atoms with Crippen LogP contribution in [0.2, 0.25) is 0 Å². The summed E-state index contributed by atoms with van der Waals surface area (Å²) >= 11 is 0. The third kappa shape index (κ3) is 2.04. The molecule has 1 amide bonds. The van der Waals surface area contributed by atoms with Crippen LogP contribution in [0.1, 0.15) is 0 Å². The summed E-state index contributed by atoms with van der Waals surface area (Å²) in [6, 6.07) is 9.35. The summed E-state index contributed by atoms with van der Waals surface area (Å²) < 4.78 is 5.42. The van der Waals surface area contributed by atoms with Crippen LogP contribution in [0.3, 0.4) is 0 Å². The molecule has 0 fully saturated rings. The Morgan fingerprint density at radius 3 is 2.67 bits per heavy atom. The lowest BCUT2D eigenvalue weighted by Crippen LogP contribution is -2.15. The smallest absolute Gasteiger partial charge is 0.272 e. The van der Waals surface area contributed by atoms with Gasteiger partial charge in [-0.3, -0.25) is 4.79 Å². The summed E-state index contributed by atoms with van der Waals surface area (Å²) in [4.78, 5) is 11.0. The molecule has 0 radical (unpaired) electrons. The van der Waals surface area contributed by atoms with Crippen LogP contribution in [0, 0.1) is 0 Å². The van der Waals surface area contributed by atoms with E-state index in [1.54, 1.807) is 0 Å². The maximum absolute atomic E-state index is 11.0. The molecule has 1 aliphatic heterocycles. The minimum absolute atomic E-state index is 0.252. The van der Waals surface area contributed by atoms with E-state index >= 15 is 0 Å². The first-order chi connectivity index (χ1) is 7.27. The predicted octanol–water partition coefficient (Wildman–Crippen LogP) is 1.11. The molecular formula is C11H10N2O2. The second-order valence-corrected chi connectivity index (χ2v) is 3.08. The van der Waals surface area contributed by atoms with Gasteiger partial charge in [0.15, 0.2) is 0 Å². The molecule has 0 atom stereocenters. The maximum Gasteiger partial charge on any atom is 0.272 e. The quantitative estimate of drug-likeness (QED) is 0.746. The number of carbonyl (C=O) groups excluding carboxylic acids is 1. The van der Waals surface area contributed by atoms with Crippen molar-refractivity contribution in [3.8, 4) is 5.75 Å². The van der Waals surface area contributed by atoms with Crippen molar-refractivity contribution in [1.29, 1.82) is 0 Å². The predicted molar refractivity (Wildman–Crippen MR) is 56.7 cm³/mol. The number of hydrazone groups is 1. The molecule has 0 bridgehead atoms. The van der Waals surface area contributed by atoms with Crippen molar-refractivity contribution in [3.63, 3.8) is 0 Å². The molecule has 4 heteroatoms. The zero-order valence-corrected chi connectivity index (χ0v) is 8.06. The van der Waals surface area contributed by atoms with Crippen molar-refractivity contribution >= 4 is 11.6 Å². The molecule has 4 nitrogen and oxygen atoms in total. The third-order valence-electron chi connectivity index (χ3n) is 2.03. The number of nitrogens with one attached hydrogen (secondary N) is 1. The van der Waals surface area contributed by atoms with E-state index in [1.165, 1.54) is 0 Å². The van der Waals surface area contributed by atoms with Crippen LogP contribution in [-0.2, 0) is 4.79 Å². The zero-order chi connectivity index (χ0) is 10.7. The van der Waals surface area contributed by atoms with Gasteiger partial charge in [-0.2, -0.15) is 5.10 Å². The highest BCUT2D eigenvalue weighted by Crippen LogP contribution is 2.10. The third-order valence-corrected chi connectivity index (χ3v) is 2.03. The molecule has 2 rings (SSSR count). The molecule has 0 saturated heterocycles. The Hall–Kier alpha value is -2.10. The highest BCUT2D eigenvalue weighted by atomic mass is 16.5. The van der Waals surface area contributed by atoms with Crippen LogP contribution in [0.4, 0.5) is 0 Å². The Morgan fingerprint density at radius 2 is 2.07 bits per heavy atom. The summed E-state index contributed by atoms with van der Waals surface area (Å²) in [5, 5.41) is 3.81. The first-order valence-electron chi connectivity index (χ1n) is 4.51. The van der Waals surface area contributed by atoms with Gasteiger partial charge in [0.25, 0.3) is 5.91 Å². The Morgan fingerprint density at radius 1 is 1.33 bits per heavy atom. The first-order valence-corrected chi connectivity index (χ1v) is 4.51. The van der Waals surface area contributed by atoms with Crippen molar-refractivity contribution in [3.05, 3.63) is 42.5 Å². The van der Waals surface area contributed by atoms with Crippen LogP contribution in [-0.4, -0.2) is 18.2 Å². The van der Waals surface area contributed by atoms with E-state index in [2.05, 4.69) is 17.1 Å². The number of nitrogens with zero attached hydrogens (tertiary/aromatic N) is 1. The number of hydrogen-bond acceptors (Lipinski definition) is 3. The van der Waals surface area contributed by atoms with Crippen LogP contribution in [0.5, 0.6) is 5.75 Å². The number of hydrogen-bond donors (Lipinski definition) is 1. The van der Waals surface area contributed by atoms with Gasteiger partial charge < -0.3 is 4.74 Å². The number of rotatable bonds is 3. The normalized spacial score (nSPS) is 14.8. The second-order valence-electron chi connectivity index (χ2n) is 3.08. The molecule has 0 saturated carbocycles. The Labute approximate surface area is 87.3 Å². The van der Waals surface area contributed by atoms with Gasteiger partial charge in [0.1, 0.15) is 18.1 Å². The second kappa shape index (κ2) is 3.96. The Bertz CT molecular complexity index is 423. The van der Waals surface area contributed by atoms with Gasteiger partial charge in [-0.1, -0.05) is 24.8 Å². The molecule has 1 aliphatic rings. The van der Waals surface area contributed by atoms with Gasteiger partial charge in [-0.15, -0.1) is 0 Å². The van der Waals surface area contributed by atoms with Gasteiger partial charge in [0, 0.05) is 0 Å². The maximum atomic E-state index is 11.0. The molecule has 0 spiro atoms. The van der Waals surface area contributed by atoms with E-state index in [0.717, 1.165) is 5.75 Å². The van der Waals surface area contributed by atoms with Gasteiger partial charge in [-0.25, -0.2) is 5.43 Å². The van der Waals surface area contributed by atoms with E-state index in [9.17, 15) is 4.79 Å². The topological polar surface area (TPSA) is 50.7 Å². The molecule has 76 valence electrons. The first kappa shape index (κ1) is 9.45. The number of amides is 1. The van der Waals surface area contributed by atoms with Crippen LogP contribution in [0.25, 0.3) is 0 Å². The van der Waals surface area contributed by atoms with Crippen molar-refractivity contribution < 1.29 is 9.53 Å². The van der Waals surface area contributed by atoms with Crippen LogP contribution >= 0.6 is 0 Å². The summed E-state index contributed by atoms with van der Waals surface area (Å²) in [6.45, 7) is 3.86. The summed E-state index contributed by atoms with van der Waals surface area (Å²) in [5.74, 6) is 0.481. The average molecular weight is 202 g/mol. The highest BCUT2D eigenvalue weighted by molar-refractivity contribution is 6.24. The largest absolute Gasteiger partial charge is 0.487 e. The van der Waals surface area contributed by atoms with E-state index < -0.39 is 0 Å². The lowest BCUT2D eigenvalue weighted by Gasteiger charge is -2.04. The molecule has 0 aromatic heterocycles. The van der Waals surface area contributed by atoms with Gasteiger partial charge in [0.05, 0.1) is 5.57 Å². The molecule has 1 aromatic rings. The highest BCUT2D eigenvalue weighted by Gasteiger charge is 2.20. The number of benzene rings is 1. The summed E-state index contributed by atoms with van der Waals surface area (Å²) in [5.41, 5.74) is 3.24. The lowest BCUT2D eigenvalue weighted by atomic mass is 10.2. The van der Waals surface area contributed by atoms with Crippen molar-refractivity contribution in [2.24, 2.45) is 5.10 Å². The van der Waals surface area contributed by atoms with Gasteiger partial charge >= 0.3 is 0 Å². The molecule has 0 unspecified atom stereocenters. The summed E-state index contributed by atoms with van der Waals surface area (Å²) in [7, 11) is 0. The number of ether oxygens (including phenoxy) is 1. The fraction of sp³-hybridized carbons (Fsp3) is 0.0909. The summed E-state index contributed by atoms with van der Waals surface area (Å²) in [6.07, 6.45) is 0. The Kier molecular flexibility index (Phi) is 2.49. The minimum atomic E-state index is -0.262. The average Bonchev–Trinajstić information content (AvgIpc) is 2.59. The van der Waals surface area contributed by atoms with E-state index in [0.29, 0.717) is 11.3 Å². The van der Waals surface area contributed by atoms with E-state index in [-0.39, 0.29) is 12.5 Å². The standard InChI is InChI=1S/C11H10N2O2/c1-8-10(12-13-11(8)14)7-15-9-5-3-2-4-6-9/h2-6H,1,7H2,(H,13,14). The minimum Gasteiger partial charge on any atom is -0.487 e. The molecule has 1 aromatic carbocycles. The van der Waals surface area contributed by atoms with Gasteiger partial charge in [0.2, 0.25) is 0 Å². The number of carbonyl (C=O) groups is 1. The van der Waals surface area contributed by atoms with Crippen LogP contribution < -0.4 is 10.2 Å². The molecule has 0 aliphatic carbocycles. The zero-order valence-electron chi connectivity index (χ0n) is 8.06. The lowest BCUT2D eigenvalue weighted by molar-refractivity contribution is -0.116. The van der Waals surface area contributed by atoms with Crippen LogP contribution in [0.15, 0.2) is 47.6 Å².